The number of amides is 1. The van der Waals surface area contributed by atoms with Gasteiger partial charge in [-0.05, 0) is 43.5 Å². The number of nitrogens with zero attached hydrogens (tertiary/aromatic N) is 2. The van der Waals surface area contributed by atoms with Crippen molar-refractivity contribution < 1.29 is 9.18 Å². The lowest BCUT2D eigenvalue weighted by molar-refractivity contribution is -0.132. The summed E-state index contributed by atoms with van der Waals surface area (Å²) >= 11 is 5.73. The van der Waals surface area contributed by atoms with E-state index in [1.807, 2.05) is 11.0 Å². The molecule has 120 valence electrons. The lowest BCUT2D eigenvalue weighted by Crippen LogP contribution is -2.46. The molecule has 1 amide bonds. The van der Waals surface area contributed by atoms with Crippen LogP contribution in [0.4, 0.5) is 4.39 Å². The Hall–Kier alpha value is -1.13. The number of carbonyl (C=O) groups excluding carboxylic acids is 1. The highest BCUT2D eigenvalue weighted by atomic mass is 35.5. The molecule has 2 heterocycles. The molecule has 0 bridgehead atoms. The Labute approximate surface area is 136 Å². The molecule has 1 atom stereocenters. The molecule has 3 nitrogen and oxygen atoms in total. The van der Waals surface area contributed by atoms with Crippen molar-refractivity contribution in [3.8, 4) is 0 Å². The van der Waals surface area contributed by atoms with Gasteiger partial charge in [0, 0.05) is 38.5 Å². The number of halogens is 2. The van der Waals surface area contributed by atoms with Crippen molar-refractivity contribution in [3.63, 3.8) is 0 Å². The van der Waals surface area contributed by atoms with Gasteiger partial charge in [0.15, 0.2) is 0 Å². The lowest BCUT2D eigenvalue weighted by atomic mass is 9.79. The molecular weight excluding hydrogens is 303 g/mol. The quantitative estimate of drug-likeness (QED) is 0.833. The van der Waals surface area contributed by atoms with Crippen molar-refractivity contribution in [1.29, 1.82) is 0 Å². The van der Waals surface area contributed by atoms with Crippen LogP contribution >= 0.6 is 11.6 Å². The maximum atomic E-state index is 13.5. The molecule has 0 aromatic heterocycles. The van der Waals surface area contributed by atoms with Crippen LogP contribution in [0.5, 0.6) is 0 Å². The second kappa shape index (κ2) is 6.17. The van der Waals surface area contributed by atoms with Crippen molar-refractivity contribution in [2.24, 2.45) is 5.41 Å². The van der Waals surface area contributed by atoms with Gasteiger partial charge in [0.05, 0.1) is 5.02 Å². The van der Waals surface area contributed by atoms with Crippen LogP contribution < -0.4 is 0 Å². The summed E-state index contributed by atoms with van der Waals surface area (Å²) < 4.78 is 13.5. The van der Waals surface area contributed by atoms with Gasteiger partial charge in [-0.25, -0.2) is 4.39 Å². The van der Waals surface area contributed by atoms with Crippen LogP contribution in [-0.2, 0) is 11.3 Å². The van der Waals surface area contributed by atoms with Crippen LogP contribution in [0.2, 0.25) is 5.02 Å². The first kappa shape index (κ1) is 15.8. The maximum absolute atomic E-state index is 13.5. The van der Waals surface area contributed by atoms with Crippen molar-refractivity contribution >= 4 is 17.5 Å². The Morgan fingerprint density at radius 2 is 2.14 bits per heavy atom. The molecule has 1 unspecified atom stereocenters. The Bertz CT molecular complexity index is 580. The van der Waals surface area contributed by atoms with E-state index in [4.69, 9.17) is 11.6 Å². The predicted molar refractivity (Wildman–Crippen MR) is 85.2 cm³/mol. The molecule has 2 aliphatic heterocycles. The highest BCUT2D eigenvalue weighted by Gasteiger charge is 2.41. The summed E-state index contributed by atoms with van der Waals surface area (Å²) in [5, 5.41) is 0.172. The van der Waals surface area contributed by atoms with Gasteiger partial charge in [-0.3, -0.25) is 9.69 Å². The summed E-state index contributed by atoms with van der Waals surface area (Å²) in [4.78, 5) is 16.0. The predicted octanol–water partition coefficient (Wildman–Crippen LogP) is 3.31. The molecule has 1 aromatic rings. The highest BCUT2D eigenvalue weighted by Crippen LogP contribution is 2.39. The van der Waals surface area contributed by atoms with Gasteiger partial charge in [-0.2, -0.15) is 0 Å². The molecule has 1 spiro atoms. The molecule has 22 heavy (non-hydrogen) atoms. The number of hydrogen-bond donors (Lipinski definition) is 0. The van der Waals surface area contributed by atoms with E-state index in [1.165, 1.54) is 12.5 Å². The van der Waals surface area contributed by atoms with Crippen LogP contribution in [0.3, 0.4) is 0 Å². The third-order valence-electron chi connectivity index (χ3n) is 5.01. The summed E-state index contributed by atoms with van der Waals surface area (Å²) in [6, 6.07) is 5.03. The fourth-order valence-corrected chi connectivity index (χ4v) is 3.99. The molecule has 0 radical (unpaired) electrons. The zero-order chi connectivity index (χ0) is 15.7. The topological polar surface area (TPSA) is 23.6 Å². The molecular formula is C17H22ClFN2O. The zero-order valence-electron chi connectivity index (χ0n) is 12.9. The van der Waals surface area contributed by atoms with E-state index in [0.717, 1.165) is 51.1 Å². The SMILES string of the molecule is CC(=O)N1CCCC2(CCN(Cc3ccc(Cl)c(F)c3)C2)C1. The van der Waals surface area contributed by atoms with Crippen molar-refractivity contribution in [3.05, 3.63) is 34.6 Å². The first-order valence-corrected chi connectivity index (χ1v) is 8.27. The second-order valence-corrected chi connectivity index (χ2v) is 7.16. The van der Waals surface area contributed by atoms with E-state index in [9.17, 15) is 9.18 Å². The van der Waals surface area contributed by atoms with E-state index in [1.54, 1.807) is 13.0 Å². The molecule has 1 aromatic carbocycles. The summed E-state index contributed by atoms with van der Waals surface area (Å²) in [5.41, 5.74) is 1.19. The minimum absolute atomic E-state index is 0.172. The van der Waals surface area contributed by atoms with Crippen molar-refractivity contribution in [2.75, 3.05) is 26.2 Å². The Balaban J connectivity index is 1.64. The van der Waals surface area contributed by atoms with Crippen molar-refractivity contribution in [1.82, 2.24) is 9.80 Å². The third kappa shape index (κ3) is 3.28. The highest BCUT2D eigenvalue weighted by molar-refractivity contribution is 6.30. The van der Waals surface area contributed by atoms with Crippen LogP contribution in [0.1, 0.15) is 31.7 Å². The minimum Gasteiger partial charge on any atom is -0.342 e. The molecule has 3 rings (SSSR count). The third-order valence-corrected chi connectivity index (χ3v) is 5.32. The normalized spacial score (nSPS) is 25.9. The van der Waals surface area contributed by atoms with Crippen LogP contribution in [0, 0.1) is 11.2 Å². The molecule has 5 heteroatoms. The largest absolute Gasteiger partial charge is 0.342 e. The van der Waals surface area contributed by atoms with E-state index >= 15 is 0 Å². The number of rotatable bonds is 2. The number of carbonyl (C=O) groups is 1. The maximum Gasteiger partial charge on any atom is 0.219 e. The molecule has 2 aliphatic rings. The Kier molecular flexibility index (Phi) is 4.42. The van der Waals surface area contributed by atoms with E-state index in [-0.39, 0.29) is 22.2 Å². The Morgan fingerprint density at radius 1 is 1.32 bits per heavy atom. The standard InChI is InChI=1S/C17H22ClFN2O/c1-13(22)21-7-2-5-17(12-21)6-8-20(11-17)10-14-3-4-15(18)16(19)9-14/h3-4,9H,2,5-8,10-12H2,1H3. The van der Waals surface area contributed by atoms with E-state index in [0.29, 0.717) is 0 Å². The van der Waals surface area contributed by atoms with Gasteiger partial charge in [-0.1, -0.05) is 17.7 Å². The number of piperidine rings is 1. The minimum atomic E-state index is -0.353. The van der Waals surface area contributed by atoms with Gasteiger partial charge in [0.2, 0.25) is 5.91 Å². The molecule has 2 fully saturated rings. The van der Waals surface area contributed by atoms with Gasteiger partial charge in [0.1, 0.15) is 5.82 Å². The first-order chi connectivity index (χ1) is 10.5. The van der Waals surface area contributed by atoms with Crippen LogP contribution in [-0.4, -0.2) is 41.9 Å². The molecule has 2 saturated heterocycles. The van der Waals surface area contributed by atoms with E-state index < -0.39 is 0 Å². The zero-order valence-corrected chi connectivity index (χ0v) is 13.7. The number of hydrogen-bond acceptors (Lipinski definition) is 2. The van der Waals surface area contributed by atoms with Crippen molar-refractivity contribution in [2.45, 2.75) is 32.7 Å². The molecule has 0 aliphatic carbocycles. The Morgan fingerprint density at radius 3 is 2.86 bits per heavy atom. The monoisotopic (exact) mass is 324 g/mol. The van der Waals surface area contributed by atoms with Gasteiger partial charge in [-0.15, -0.1) is 0 Å². The summed E-state index contributed by atoms with van der Waals surface area (Å²) in [5.74, 6) is -0.175. The fourth-order valence-electron chi connectivity index (χ4n) is 3.87. The molecule has 0 saturated carbocycles. The first-order valence-electron chi connectivity index (χ1n) is 7.89. The summed E-state index contributed by atoms with van der Waals surface area (Å²) in [6.07, 6.45) is 3.39. The van der Waals surface area contributed by atoms with Crippen LogP contribution in [0.25, 0.3) is 0 Å². The lowest BCUT2D eigenvalue weighted by Gasteiger charge is -2.40. The average molecular weight is 325 g/mol. The summed E-state index contributed by atoms with van der Waals surface area (Å²) in [6.45, 7) is 6.16. The fraction of sp³-hybridized carbons (Fsp3) is 0.588. The smallest absolute Gasteiger partial charge is 0.219 e. The van der Waals surface area contributed by atoms with Crippen LogP contribution in [0.15, 0.2) is 18.2 Å². The number of likely N-dealkylation sites (tertiary alicyclic amines) is 2. The number of benzene rings is 1. The van der Waals surface area contributed by atoms with E-state index in [2.05, 4.69) is 4.90 Å². The molecule has 0 N–H and O–H groups in total. The van der Waals surface area contributed by atoms with Gasteiger partial charge < -0.3 is 4.90 Å². The second-order valence-electron chi connectivity index (χ2n) is 6.75. The van der Waals surface area contributed by atoms with Gasteiger partial charge >= 0.3 is 0 Å². The average Bonchev–Trinajstić information content (AvgIpc) is 2.85. The van der Waals surface area contributed by atoms with Gasteiger partial charge in [0.25, 0.3) is 0 Å². The summed E-state index contributed by atoms with van der Waals surface area (Å²) in [7, 11) is 0.